The van der Waals surface area contributed by atoms with E-state index in [1.165, 1.54) is 0 Å². The van der Waals surface area contributed by atoms with Crippen LogP contribution >= 0.6 is 0 Å². The van der Waals surface area contributed by atoms with Crippen LogP contribution in [-0.4, -0.2) is 153 Å². The van der Waals surface area contributed by atoms with Crippen LogP contribution in [0.4, 0.5) is 4.79 Å². The number of nitrogens with zero attached hydrogens (tertiary/aromatic N) is 2. The molecule has 2 amide bonds. The van der Waals surface area contributed by atoms with Crippen molar-refractivity contribution in [2.45, 2.75) is 233 Å². The highest BCUT2D eigenvalue weighted by molar-refractivity contribution is 6.37. The fourth-order valence-corrected chi connectivity index (χ4v) is 13.9. The van der Waals surface area contributed by atoms with E-state index in [1.807, 2.05) is 0 Å². The van der Waals surface area contributed by atoms with Crippen LogP contribution in [-0.2, 0) is 37.9 Å². The summed E-state index contributed by atoms with van der Waals surface area (Å²) in [5.74, 6) is -0.388. The van der Waals surface area contributed by atoms with Crippen LogP contribution in [0, 0.1) is 0 Å². The zero-order valence-electron chi connectivity index (χ0n) is 39.3. The van der Waals surface area contributed by atoms with Crippen LogP contribution in [0.1, 0.15) is 136 Å². The molecule has 0 aromatic rings. The Labute approximate surface area is 354 Å². The molecule has 0 aromatic heterocycles. The van der Waals surface area contributed by atoms with E-state index >= 15 is 0 Å². The van der Waals surface area contributed by atoms with Gasteiger partial charge in [-0.15, -0.1) is 0 Å². The lowest BCUT2D eigenvalue weighted by Gasteiger charge is -2.32. The summed E-state index contributed by atoms with van der Waals surface area (Å²) < 4.78 is 49.1. The van der Waals surface area contributed by atoms with E-state index < -0.39 is 38.1 Å². The second kappa shape index (κ2) is 33.5. The van der Waals surface area contributed by atoms with Gasteiger partial charge >= 0.3 is 6.03 Å². The monoisotopic (exact) mass is 869 g/mol. The molecule has 0 saturated carbocycles. The highest BCUT2D eigenvalue weighted by Crippen LogP contribution is 2.14. The van der Waals surface area contributed by atoms with Crippen molar-refractivity contribution in [3.05, 3.63) is 0 Å². The van der Waals surface area contributed by atoms with Gasteiger partial charge in [-0.05, 0) is 136 Å². The van der Waals surface area contributed by atoms with Crippen molar-refractivity contribution >= 4 is 44.1 Å². The first-order valence-electron chi connectivity index (χ1n) is 22.6. The molecule has 0 spiro atoms. The zero-order valence-corrected chi connectivity index (χ0v) is 45.0. The summed E-state index contributed by atoms with van der Waals surface area (Å²) in [6.07, 6.45) is 4.87. The van der Waals surface area contributed by atoms with E-state index in [-0.39, 0.29) is 78.5 Å². The summed E-state index contributed by atoms with van der Waals surface area (Å²) in [4.78, 5) is 18.9. The van der Waals surface area contributed by atoms with Gasteiger partial charge in [0, 0.05) is 26.2 Å². The Morgan fingerprint density at radius 3 is 0.643 bits per heavy atom. The van der Waals surface area contributed by atoms with Crippen molar-refractivity contribution in [2.24, 2.45) is 0 Å². The molecular weight excluding hydrogens is 777 g/mol. The van der Waals surface area contributed by atoms with Crippen LogP contribution in [0.25, 0.3) is 0 Å². The van der Waals surface area contributed by atoms with Crippen LogP contribution in [0.5, 0.6) is 0 Å². The standard InChI is InChI=1S/C41H92N2O9Si4/c1-29(2)45-38(46-30(3)4)53-25-17-21-42(22-18-26-54-39(47-31(5)6)48-32(7)8)37(44)43(23-19-27-55-40(49-33(9)10)50-34(11)12)24-20-28-56-41(51-35(13)14)52-36(15)16/h29-36,38-41H,17-28,53-56H2,1-16H3. The number of hydrogen-bond acceptors (Lipinski definition) is 9. The third-order valence-electron chi connectivity index (χ3n) is 8.40. The minimum atomic E-state index is -0.646. The first-order chi connectivity index (χ1) is 26.3. The molecule has 0 aliphatic heterocycles. The molecule has 0 atom stereocenters. The van der Waals surface area contributed by atoms with Crippen LogP contribution in [0.2, 0.25) is 24.2 Å². The summed E-state index contributed by atoms with van der Waals surface area (Å²) in [7, 11) is -2.59. The van der Waals surface area contributed by atoms with Crippen LogP contribution in [0.3, 0.4) is 0 Å². The van der Waals surface area contributed by atoms with Crippen molar-refractivity contribution < 1.29 is 42.7 Å². The Bertz CT molecular complexity index is 761. The molecule has 0 unspecified atom stereocenters. The SMILES string of the molecule is CC(C)OC(OC(C)C)[SiH2]CCCN(CCC[SiH2]C(OC(C)C)OC(C)C)C(=O)N(CCC[SiH2]C(OC(C)C)OC(C)C)CCC[SiH2]C(OC(C)C)OC(C)C. The first kappa shape index (κ1) is 55.8. The highest BCUT2D eigenvalue weighted by Gasteiger charge is 2.23. The Balaban J connectivity index is 5.99. The van der Waals surface area contributed by atoms with E-state index in [9.17, 15) is 4.79 Å². The molecule has 11 nitrogen and oxygen atoms in total. The normalized spacial score (nSPS) is 13.6. The Hall–Kier alpha value is -0.182. The smallest absolute Gasteiger partial charge is 0.319 e. The molecule has 336 valence electrons. The zero-order chi connectivity index (χ0) is 42.6. The van der Waals surface area contributed by atoms with Crippen molar-refractivity contribution in [2.75, 3.05) is 26.2 Å². The third kappa shape index (κ3) is 32.6. The van der Waals surface area contributed by atoms with Gasteiger partial charge in [-0.1, -0.05) is 24.2 Å². The molecule has 0 aliphatic carbocycles. The molecule has 0 fully saturated rings. The minimum Gasteiger partial charge on any atom is -0.354 e. The predicted molar refractivity (Wildman–Crippen MR) is 245 cm³/mol. The van der Waals surface area contributed by atoms with E-state index in [2.05, 4.69) is 121 Å². The lowest BCUT2D eigenvalue weighted by Crippen LogP contribution is -2.45. The summed E-state index contributed by atoms with van der Waals surface area (Å²) in [5, 5.41) is 0. The lowest BCUT2D eigenvalue weighted by atomic mass is 10.3. The van der Waals surface area contributed by atoms with Crippen molar-refractivity contribution in [3.8, 4) is 0 Å². The predicted octanol–water partition coefficient (Wildman–Crippen LogP) is 6.15. The Morgan fingerprint density at radius 2 is 0.500 bits per heavy atom. The molecule has 56 heavy (non-hydrogen) atoms. The number of carbonyl (C=O) groups is 1. The van der Waals surface area contributed by atoms with E-state index in [1.54, 1.807) is 0 Å². The average Bonchev–Trinajstić information content (AvgIpc) is 3.04. The molecule has 0 saturated heterocycles. The van der Waals surface area contributed by atoms with E-state index in [0.717, 1.165) is 76.0 Å². The third-order valence-corrected chi connectivity index (χ3v) is 15.5. The summed E-state index contributed by atoms with van der Waals surface area (Å²) in [5.41, 5.74) is 0. The van der Waals surface area contributed by atoms with Crippen molar-refractivity contribution in [1.29, 1.82) is 0 Å². The number of ether oxygens (including phenoxy) is 8. The molecule has 0 rings (SSSR count). The Morgan fingerprint density at radius 1 is 0.339 bits per heavy atom. The van der Waals surface area contributed by atoms with E-state index in [4.69, 9.17) is 37.9 Å². The van der Waals surface area contributed by atoms with Gasteiger partial charge < -0.3 is 47.7 Å². The van der Waals surface area contributed by atoms with Gasteiger partial charge in [0.05, 0.1) is 86.9 Å². The van der Waals surface area contributed by atoms with Gasteiger partial charge in [0.25, 0.3) is 0 Å². The summed E-state index contributed by atoms with van der Waals surface area (Å²) >= 11 is 0. The van der Waals surface area contributed by atoms with Gasteiger partial charge in [-0.2, -0.15) is 0 Å². The minimum absolute atomic E-state index is 0.0971. The molecule has 0 heterocycles. The number of hydrogen-bond donors (Lipinski definition) is 0. The highest BCUT2D eigenvalue weighted by atomic mass is 28.2. The van der Waals surface area contributed by atoms with Gasteiger partial charge in [0.15, 0.2) is 0 Å². The molecule has 15 heteroatoms. The molecule has 0 radical (unpaired) electrons. The number of rotatable bonds is 36. The maximum Gasteiger partial charge on any atom is 0.319 e. The lowest BCUT2D eigenvalue weighted by molar-refractivity contribution is -0.134. The second-order valence-corrected chi connectivity index (χ2v) is 25.2. The van der Waals surface area contributed by atoms with Gasteiger partial charge in [0.2, 0.25) is 0 Å². The van der Waals surface area contributed by atoms with Crippen molar-refractivity contribution in [3.63, 3.8) is 0 Å². The van der Waals surface area contributed by atoms with Crippen LogP contribution in [0.15, 0.2) is 0 Å². The molecule has 0 bridgehead atoms. The number of carbonyl (C=O) groups excluding carboxylic acids is 1. The van der Waals surface area contributed by atoms with Gasteiger partial charge in [-0.25, -0.2) is 4.79 Å². The molecule has 0 N–H and O–H groups in total. The maximum atomic E-state index is 14.6. The Kier molecular flexibility index (Phi) is 33.4. The second-order valence-electron chi connectivity index (χ2n) is 17.4. The van der Waals surface area contributed by atoms with Gasteiger partial charge in [-0.3, -0.25) is 0 Å². The molecule has 0 aromatic carbocycles. The van der Waals surface area contributed by atoms with Crippen molar-refractivity contribution in [1.82, 2.24) is 9.80 Å². The quantitative estimate of drug-likeness (QED) is 0.0418. The first-order valence-corrected chi connectivity index (χ1v) is 29.8. The summed E-state index contributed by atoms with van der Waals surface area (Å²) in [6.45, 7) is 36.1. The molecular formula is C41H92N2O9Si4. The van der Waals surface area contributed by atoms with E-state index in [0.29, 0.717) is 0 Å². The fourth-order valence-electron chi connectivity index (χ4n) is 6.36. The molecule has 0 aliphatic rings. The maximum absolute atomic E-state index is 14.6. The largest absolute Gasteiger partial charge is 0.354 e. The number of amides is 2. The summed E-state index contributed by atoms with van der Waals surface area (Å²) in [6, 6.07) is 4.42. The number of urea groups is 1. The van der Waals surface area contributed by atoms with Gasteiger partial charge in [0.1, 0.15) is 23.7 Å². The fraction of sp³-hybridized carbons (Fsp3) is 0.976. The van der Waals surface area contributed by atoms with Crippen LogP contribution < -0.4 is 0 Å². The average molecular weight is 870 g/mol. The topological polar surface area (TPSA) is 97.4 Å².